The summed E-state index contributed by atoms with van der Waals surface area (Å²) in [6, 6.07) is 5.25. The molecule has 0 heterocycles. The molecule has 1 atom stereocenters. The Balaban J connectivity index is 2.61. The zero-order valence-electron chi connectivity index (χ0n) is 10.8. The van der Waals surface area contributed by atoms with E-state index in [2.05, 4.69) is 26.8 Å². The molecule has 0 aromatic heterocycles. The Bertz CT molecular complexity index is 521. The van der Waals surface area contributed by atoms with Gasteiger partial charge in [-0.1, -0.05) is 35.3 Å². The topological polar surface area (TPSA) is 101 Å². The fourth-order valence-corrected chi connectivity index (χ4v) is 1.99. The number of amides is 2. The van der Waals surface area contributed by atoms with Crippen LogP contribution in [0.5, 0.6) is 0 Å². The van der Waals surface area contributed by atoms with E-state index < -0.39 is 15.7 Å². The second kappa shape index (κ2) is 7.59. The molecule has 0 spiro atoms. The number of rotatable bonds is 5. The molecular formula is C12H14BrN3O4. The number of nitro benzene ring substituents is 1. The number of carbonyl (C=O) groups is 2. The highest BCUT2D eigenvalue weighted by Gasteiger charge is 2.15. The molecule has 0 saturated heterocycles. The smallest absolute Gasteiger partial charge is 0.270 e. The standard InChI is InChI=1S/C12H14BrN3O4/c1-2-4-10(13)12(18)15-14-11(17)8-5-3-6-9(7-8)16(19)20/h3,5-7,10H,2,4H2,1H3,(H,14,17)(H,15,18)/t10-/m0/s1. The molecule has 2 amide bonds. The number of nitrogens with one attached hydrogen (secondary N) is 2. The Morgan fingerprint density at radius 3 is 2.70 bits per heavy atom. The summed E-state index contributed by atoms with van der Waals surface area (Å²) in [4.78, 5) is 32.9. The van der Waals surface area contributed by atoms with Gasteiger partial charge < -0.3 is 0 Å². The normalized spacial score (nSPS) is 11.5. The molecule has 108 valence electrons. The first-order valence-corrected chi connectivity index (χ1v) is 6.86. The average Bonchev–Trinajstić information content (AvgIpc) is 2.44. The highest BCUT2D eigenvalue weighted by molar-refractivity contribution is 9.10. The summed E-state index contributed by atoms with van der Waals surface area (Å²) in [6.45, 7) is 1.93. The van der Waals surface area contributed by atoms with E-state index in [-0.39, 0.29) is 17.2 Å². The molecule has 0 saturated carbocycles. The van der Waals surface area contributed by atoms with Gasteiger partial charge in [-0.2, -0.15) is 0 Å². The van der Waals surface area contributed by atoms with E-state index in [0.717, 1.165) is 12.5 Å². The van der Waals surface area contributed by atoms with Crippen molar-refractivity contribution in [2.45, 2.75) is 24.6 Å². The third-order valence-electron chi connectivity index (χ3n) is 2.45. The van der Waals surface area contributed by atoms with Crippen LogP contribution in [-0.4, -0.2) is 21.6 Å². The maximum atomic E-state index is 11.7. The van der Waals surface area contributed by atoms with E-state index in [4.69, 9.17) is 0 Å². The molecule has 0 bridgehead atoms. The van der Waals surface area contributed by atoms with Crippen molar-refractivity contribution < 1.29 is 14.5 Å². The highest BCUT2D eigenvalue weighted by Crippen LogP contribution is 2.12. The van der Waals surface area contributed by atoms with E-state index in [1.807, 2.05) is 6.92 Å². The molecular weight excluding hydrogens is 330 g/mol. The van der Waals surface area contributed by atoms with Crippen molar-refractivity contribution in [3.05, 3.63) is 39.9 Å². The van der Waals surface area contributed by atoms with Gasteiger partial charge in [-0.25, -0.2) is 0 Å². The Kier molecular flexibility index (Phi) is 6.10. The number of hydrazine groups is 1. The van der Waals surface area contributed by atoms with Gasteiger partial charge in [0.05, 0.1) is 9.75 Å². The SMILES string of the molecule is CCC[C@H](Br)C(=O)NNC(=O)c1cccc([N+](=O)[O-])c1. The molecule has 0 radical (unpaired) electrons. The fourth-order valence-electron chi connectivity index (χ4n) is 1.41. The first kappa shape index (κ1) is 16.1. The van der Waals surface area contributed by atoms with E-state index in [0.29, 0.717) is 6.42 Å². The van der Waals surface area contributed by atoms with Gasteiger partial charge in [0.25, 0.3) is 17.5 Å². The van der Waals surface area contributed by atoms with Crippen LogP contribution in [0.3, 0.4) is 0 Å². The van der Waals surface area contributed by atoms with Gasteiger partial charge in [0.1, 0.15) is 0 Å². The van der Waals surface area contributed by atoms with E-state index in [1.165, 1.54) is 18.2 Å². The molecule has 0 fully saturated rings. The minimum atomic E-state index is -0.613. The van der Waals surface area contributed by atoms with Gasteiger partial charge in [0, 0.05) is 17.7 Å². The molecule has 1 rings (SSSR count). The first-order valence-electron chi connectivity index (χ1n) is 5.94. The summed E-state index contributed by atoms with van der Waals surface area (Å²) in [5.41, 5.74) is 4.38. The number of non-ortho nitro benzene ring substituents is 1. The zero-order valence-corrected chi connectivity index (χ0v) is 12.3. The largest absolute Gasteiger partial charge is 0.272 e. The number of hydrogen-bond donors (Lipinski definition) is 2. The molecule has 1 aromatic carbocycles. The monoisotopic (exact) mass is 343 g/mol. The summed E-state index contributed by atoms with van der Waals surface area (Å²) in [6.07, 6.45) is 1.46. The van der Waals surface area contributed by atoms with Gasteiger partial charge in [-0.3, -0.25) is 30.6 Å². The lowest BCUT2D eigenvalue weighted by Crippen LogP contribution is -2.44. The van der Waals surface area contributed by atoms with E-state index in [1.54, 1.807) is 0 Å². The van der Waals surface area contributed by atoms with Crippen molar-refractivity contribution in [1.29, 1.82) is 0 Å². The Hall–Kier alpha value is -1.96. The quantitative estimate of drug-likeness (QED) is 0.484. The lowest BCUT2D eigenvalue weighted by atomic mass is 10.2. The molecule has 20 heavy (non-hydrogen) atoms. The van der Waals surface area contributed by atoms with Crippen LogP contribution in [0.25, 0.3) is 0 Å². The van der Waals surface area contributed by atoms with Crippen LogP contribution in [0.4, 0.5) is 5.69 Å². The van der Waals surface area contributed by atoms with Gasteiger partial charge >= 0.3 is 0 Å². The molecule has 2 N–H and O–H groups in total. The van der Waals surface area contributed by atoms with E-state index in [9.17, 15) is 19.7 Å². The van der Waals surface area contributed by atoms with E-state index >= 15 is 0 Å². The van der Waals surface area contributed by atoms with Crippen LogP contribution in [0.15, 0.2) is 24.3 Å². The van der Waals surface area contributed by atoms with Crippen molar-refractivity contribution in [3.8, 4) is 0 Å². The number of halogens is 1. The lowest BCUT2D eigenvalue weighted by molar-refractivity contribution is -0.384. The second-order valence-corrected chi connectivity index (χ2v) is 5.11. The number of hydrogen-bond acceptors (Lipinski definition) is 4. The van der Waals surface area contributed by atoms with Gasteiger partial charge in [0.2, 0.25) is 0 Å². The van der Waals surface area contributed by atoms with Gasteiger partial charge in [-0.05, 0) is 12.5 Å². The number of nitro groups is 1. The lowest BCUT2D eigenvalue weighted by Gasteiger charge is -2.10. The summed E-state index contributed by atoms with van der Waals surface area (Å²) < 4.78 is 0. The zero-order chi connectivity index (χ0) is 15.1. The van der Waals surface area contributed by atoms with Crippen LogP contribution in [0.1, 0.15) is 30.1 Å². The van der Waals surface area contributed by atoms with Crippen molar-refractivity contribution >= 4 is 33.4 Å². The molecule has 0 aliphatic rings. The third kappa shape index (κ3) is 4.61. The number of carbonyl (C=O) groups excluding carboxylic acids is 2. The molecule has 0 unspecified atom stereocenters. The van der Waals surface area contributed by atoms with Crippen molar-refractivity contribution in [1.82, 2.24) is 10.9 Å². The predicted molar refractivity (Wildman–Crippen MR) is 76.3 cm³/mol. The summed E-state index contributed by atoms with van der Waals surface area (Å²) >= 11 is 3.19. The minimum Gasteiger partial charge on any atom is -0.272 e. The average molecular weight is 344 g/mol. The van der Waals surface area contributed by atoms with Gasteiger partial charge in [-0.15, -0.1) is 0 Å². The van der Waals surface area contributed by atoms with Crippen molar-refractivity contribution in [2.75, 3.05) is 0 Å². The highest BCUT2D eigenvalue weighted by atomic mass is 79.9. The minimum absolute atomic E-state index is 0.0983. The van der Waals surface area contributed by atoms with Crippen LogP contribution in [0.2, 0.25) is 0 Å². The van der Waals surface area contributed by atoms with Crippen LogP contribution in [-0.2, 0) is 4.79 Å². The Morgan fingerprint density at radius 1 is 1.40 bits per heavy atom. The summed E-state index contributed by atoms with van der Waals surface area (Å²) in [7, 11) is 0. The predicted octanol–water partition coefficient (Wildman–Crippen LogP) is 1.92. The van der Waals surface area contributed by atoms with Crippen molar-refractivity contribution in [3.63, 3.8) is 0 Å². The maximum Gasteiger partial charge on any atom is 0.270 e. The molecule has 1 aromatic rings. The van der Waals surface area contributed by atoms with Crippen LogP contribution >= 0.6 is 15.9 Å². The van der Waals surface area contributed by atoms with Gasteiger partial charge in [0.15, 0.2) is 0 Å². The Morgan fingerprint density at radius 2 is 2.10 bits per heavy atom. The second-order valence-electron chi connectivity index (χ2n) is 4.01. The first-order chi connectivity index (χ1) is 9.45. The number of benzene rings is 1. The molecule has 0 aliphatic heterocycles. The van der Waals surface area contributed by atoms with Crippen LogP contribution < -0.4 is 10.9 Å². The molecule has 8 heteroatoms. The number of nitrogens with zero attached hydrogens (tertiary/aromatic N) is 1. The molecule has 0 aliphatic carbocycles. The number of alkyl halides is 1. The maximum absolute atomic E-state index is 11.7. The van der Waals surface area contributed by atoms with Crippen molar-refractivity contribution in [2.24, 2.45) is 0 Å². The fraction of sp³-hybridized carbons (Fsp3) is 0.333. The summed E-state index contributed by atoms with van der Waals surface area (Å²) in [5, 5.41) is 10.6. The Labute approximate surface area is 124 Å². The molecule has 7 nitrogen and oxygen atoms in total. The van der Waals surface area contributed by atoms with Crippen LogP contribution in [0, 0.1) is 10.1 Å². The third-order valence-corrected chi connectivity index (χ3v) is 3.32. The summed E-state index contributed by atoms with van der Waals surface area (Å²) in [5.74, 6) is -0.983.